The van der Waals surface area contributed by atoms with Crippen molar-refractivity contribution in [2.75, 3.05) is 24.5 Å². The molecular weight excluding hydrogens is 247 g/mol. The van der Waals surface area contributed by atoms with Gasteiger partial charge in [-0.2, -0.15) is 0 Å². The van der Waals surface area contributed by atoms with Crippen LogP contribution in [-0.4, -0.2) is 31.6 Å². The van der Waals surface area contributed by atoms with E-state index >= 15 is 0 Å². The van der Waals surface area contributed by atoms with Gasteiger partial charge in [-0.15, -0.1) is 0 Å². The zero-order chi connectivity index (χ0) is 13.4. The number of benzene rings is 1. The maximum Gasteiger partial charge on any atom is 0.231 e. The third-order valence-corrected chi connectivity index (χ3v) is 3.66. The van der Waals surface area contributed by atoms with Gasteiger partial charge in [0.05, 0.1) is 18.2 Å². The number of hydrogen-bond donors (Lipinski definition) is 1. The van der Waals surface area contributed by atoms with E-state index in [0.29, 0.717) is 18.0 Å². The molecule has 2 heterocycles. The van der Waals surface area contributed by atoms with E-state index < -0.39 is 0 Å². The molecule has 3 rings (SSSR count). The molecule has 2 atom stereocenters. The molecule has 0 unspecified atom stereocenters. The lowest BCUT2D eigenvalue weighted by Gasteiger charge is -2.34. The zero-order valence-electron chi connectivity index (χ0n) is 10.9. The summed E-state index contributed by atoms with van der Waals surface area (Å²) < 4.78 is 18.9. The van der Waals surface area contributed by atoms with Gasteiger partial charge in [-0.1, -0.05) is 0 Å². The fraction of sp³-hybridized carbons (Fsp3) is 0.500. The number of nitrogens with zero attached hydrogens (tertiary/aromatic N) is 1. The largest absolute Gasteiger partial charge is 0.487 e. The maximum atomic E-state index is 13.3. The Bertz CT molecular complexity index is 500. The highest BCUT2D eigenvalue weighted by Gasteiger charge is 2.33. The molecule has 1 fully saturated rings. The summed E-state index contributed by atoms with van der Waals surface area (Å²) in [5, 5.41) is 3.20. The Labute approximate surface area is 111 Å². The molecule has 102 valence electrons. The molecule has 1 aromatic rings. The summed E-state index contributed by atoms with van der Waals surface area (Å²) in [6.07, 6.45) is 0.744. The Balaban J connectivity index is 1.92. The molecule has 19 heavy (non-hydrogen) atoms. The molecular formula is C14H17FN2O2. The van der Waals surface area contributed by atoms with Crippen LogP contribution in [0.5, 0.6) is 5.75 Å². The summed E-state index contributed by atoms with van der Waals surface area (Å²) >= 11 is 0. The third kappa shape index (κ3) is 2.30. The summed E-state index contributed by atoms with van der Waals surface area (Å²) in [6, 6.07) is 4.33. The van der Waals surface area contributed by atoms with Gasteiger partial charge in [-0.3, -0.25) is 4.79 Å². The van der Waals surface area contributed by atoms with Crippen LogP contribution in [0.15, 0.2) is 18.2 Å². The molecule has 2 aliphatic rings. The van der Waals surface area contributed by atoms with Crippen molar-refractivity contribution < 1.29 is 13.9 Å². The summed E-state index contributed by atoms with van der Waals surface area (Å²) in [5.74, 6) is 0.233. The van der Waals surface area contributed by atoms with E-state index in [1.54, 1.807) is 11.0 Å². The first-order valence-electron chi connectivity index (χ1n) is 6.63. The number of nitrogens with one attached hydrogen (secondary N) is 1. The fourth-order valence-electron chi connectivity index (χ4n) is 2.71. The quantitative estimate of drug-likeness (QED) is 0.836. The van der Waals surface area contributed by atoms with Gasteiger partial charge >= 0.3 is 0 Å². The Kier molecular flexibility index (Phi) is 3.14. The van der Waals surface area contributed by atoms with Gasteiger partial charge in [-0.05, 0) is 32.0 Å². The predicted octanol–water partition coefficient (Wildman–Crippen LogP) is 1.55. The first-order valence-corrected chi connectivity index (χ1v) is 6.63. The second kappa shape index (κ2) is 4.81. The molecule has 0 radical (unpaired) electrons. The number of hydrogen-bond acceptors (Lipinski definition) is 3. The van der Waals surface area contributed by atoms with Gasteiger partial charge in [0, 0.05) is 12.6 Å². The van der Waals surface area contributed by atoms with Crippen molar-refractivity contribution in [1.29, 1.82) is 0 Å². The smallest absolute Gasteiger partial charge is 0.231 e. The van der Waals surface area contributed by atoms with E-state index in [-0.39, 0.29) is 23.7 Å². The highest BCUT2D eigenvalue weighted by molar-refractivity contribution is 5.97. The van der Waals surface area contributed by atoms with Crippen LogP contribution >= 0.6 is 0 Å². The van der Waals surface area contributed by atoms with Crippen LogP contribution in [0.3, 0.4) is 0 Å². The minimum absolute atomic E-state index is 0.0169. The van der Waals surface area contributed by atoms with Crippen molar-refractivity contribution >= 4 is 11.6 Å². The average Bonchev–Trinajstić information content (AvgIpc) is 2.90. The Morgan fingerprint density at radius 1 is 1.53 bits per heavy atom. The van der Waals surface area contributed by atoms with Gasteiger partial charge in [-0.25, -0.2) is 4.39 Å². The third-order valence-electron chi connectivity index (χ3n) is 3.66. The number of anilines is 1. The monoisotopic (exact) mass is 264 g/mol. The van der Waals surface area contributed by atoms with Gasteiger partial charge in [0.2, 0.25) is 5.91 Å². The molecule has 4 nitrogen and oxygen atoms in total. The number of fused-ring (bicyclic) bond motifs is 1. The van der Waals surface area contributed by atoms with Crippen LogP contribution in [0.4, 0.5) is 10.1 Å². The van der Waals surface area contributed by atoms with Crippen molar-refractivity contribution in [3.05, 3.63) is 24.0 Å². The van der Waals surface area contributed by atoms with E-state index in [9.17, 15) is 9.18 Å². The number of carbonyl (C=O) groups excluding carboxylic acids is 1. The van der Waals surface area contributed by atoms with Gasteiger partial charge in [0.1, 0.15) is 17.7 Å². The molecule has 0 spiro atoms. The fourth-order valence-corrected chi connectivity index (χ4v) is 2.71. The zero-order valence-corrected chi connectivity index (χ0v) is 10.9. The van der Waals surface area contributed by atoms with E-state index in [1.807, 2.05) is 6.92 Å². The van der Waals surface area contributed by atoms with Gasteiger partial charge in [0.15, 0.2) is 0 Å². The summed E-state index contributed by atoms with van der Waals surface area (Å²) in [4.78, 5) is 14.3. The van der Waals surface area contributed by atoms with E-state index in [4.69, 9.17) is 4.74 Å². The van der Waals surface area contributed by atoms with Crippen LogP contribution < -0.4 is 15.0 Å². The average molecular weight is 264 g/mol. The van der Waals surface area contributed by atoms with Crippen LogP contribution in [0.2, 0.25) is 0 Å². The first-order chi connectivity index (χ1) is 9.15. The lowest BCUT2D eigenvalue weighted by Crippen LogP contribution is -2.45. The number of amides is 1. The van der Waals surface area contributed by atoms with Crippen LogP contribution in [0.1, 0.15) is 13.3 Å². The molecule has 0 aliphatic carbocycles. The van der Waals surface area contributed by atoms with Crippen LogP contribution in [0, 0.1) is 11.7 Å². The summed E-state index contributed by atoms with van der Waals surface area (Å²) in [5.41, 5.74) is 0.677. The lowest BCUT2D eigenvalue weighted by atomic mass is 10.1. The second-order valence-electron chi connectivity index (χ2n) is 5.18. The van der Waals surface area contributed by atoms with Crippen molar-refractivity contribution in [2.24, 2.45) is 5.92 Å². The second-order valence-corrected chi connectivity index (χ2v) is 5.18. The number of halogens is 1. The van der Waals surface area contributed by atoms with Crippen molar-refractivity contribution in [3.63, 3.8) is 0 Å². The van der Waals surface area contributed by atoms with Crippen molar-refractivity contribution in [2.45, 2.75) is 19.4 Å². The minimum atomic E-state index is -0.345. The van der Waals surface area contributed by atoms with E-state index in [0.717, 1.165) is 19.5 Å². The van der Waals surface area contributed by atoms with E-state index in [1.165, 1.54) is 12.1 Å². The topological polar surface area (TPSA) is 41.6 Å². The van der Waals surface area contributed by atoms with Crippen molar-refractivity contribution in [1.82, 2.24) is 5.32 Å². The number of carbonyl (C=O) groups is 1. The molecule has 5 heteroatoms. The van der Waals surface area contributed by atoms with Crippen molar-refractivity contribution in [3.8, 4) is 5.75 Å². The predicted molar refractivity (Wildman–Crippen MR) is 69.8 cm³/mol. The number of rotatable bonds is 1. The molecule has 0 saturated carbocycles. The van der Waals surface area contributed by atoms with Gasteiger partial charge < -0.3 is 15.0 Å². The van der Waals surface area contributed by atoms with E-state index in [2.05, 4.69) is 5.32 Å². The van der Waals surface area contributed by atoms with Crippen LogP contribution in [-0.2, 0) is 4.79 Å². The highest BCUT2D eigenvalue weighted by atomic mass is 19.1. The molecule has 1 aromatic carbocycles. The molecule has 1 N–H and O–H groups in total. The van der Waals surface area contributed by atoms with Gasteiger partial charge in [0.25, 0.3) is 0 Å². The highest BCUT2D eigenvalue weighted by Crippen LogP contribution is 2.35. The first kappa shape index (κ1) is 12.4. The standard InChI is InChI=1S/C14H17FN2O2/c1-9-8-17(14(18)10-4-5-16-7-10)12-3-2-11(15)6-13(12)19-9/h2-3,6,9-10,16H,4-5,7-8H2,1H3/t9-,10+/m0/s1. The minimum Gasteiger partial charge on any atom is -0.487 e. The molecule has 0 bridgehead atoms. The molecule has 0 aromatic heterocycles. The normalized spacial score (nSPS) is 25.9. The van der Waals surface area contributed by atoms with Crippen LogP contribution in [0.25, 0.3) is 0 Å². The summed E-state index contributed by atoms with van der Waals surface area (Å²) in [6.45, 7) is 4.02. The Morgan fingerprint density at radius 2 is 2.37 bits per heavy atom. The molecule has 2 aliphatic heterocycles. The number of ether oxygens (including phenoxy) is 1. The maximum absolute atomic E-state index is 13.3. The SMILES string of the molecule is C[C@H]1CN(C(=O)[C@@H]2CCNC2)c2ccc(F)cc2O1. The Morgan fingerprint density at radius 3 is 3.11 bits per heavy atom. The lowest BCUT2D eigenvalue weighted by molar-refractivity contribution is -0.122. The Hall–Kier alpha value is -1.62. The molecule has 1 amide bonds. The molecule has 1 saturated heterocycles. The summed E-state index contributed by atoms with van der Waals surface area (Å²) in [7, 11) is 0.